The first-order chi connectivity index (χ1) is 18.5. The summed E-state index contributed by atoms with van der Waals surface area (Å²) < 4.78 is 0. The summed E-state index contributed by atoms with van der Waals surface area (Å²) in [5.74, 6) is -0.329. The number of anilines is 1. The summed E-state index contributed by atoms with van der Waals surface area (Å²) in [6.45, 7) is 14.8. The number of hydrogen-bond donors (Lipinski definition) is 2. The quantitative estimate of drug-likeness (QED) is 0.580. The Bertz CT molecular complexity index is 1310. The zero-order valence-corrected chi connectivity index (χ0v) is 23.1. The molecule has 1 spiro atoms. The number of likely N-dealkylation sites (tertiary alicyclic amines) is 1. The fourth-order valence-electron chi connectivity index (χ4n) is 6.42. The molecule has 3 aliphatic rings. The van der Waals surface area contributed by atoms with E-state index in [1.165, 1.54) is 5.56 Å². The molecule has 8 nitrogen and oxygen atoms in total. The van der Waals surface area contributed by atoms with Crippen LogP contribution in [0.25, 0.3) is 4.85 Å². The minimum Gasteiger partial charge on any atom is -0.332 e. The molecule has 3 heterocycles. The van der Waals surface area contributed by atoms with Crippen molar-refractivity contribution in [3.8, 4) is 0 Å². The standard InChI is InChI=1S/C31H37N5O3/c1-30(2,3)16-25(35(5)27(37)24-15-21(18-33-24)20-11-7-6-8-12-20)28(38)36-19-31(17-26(36)32-4)22-13-9-10-14-23(22)34-29(31)39/h6-14,21,24-26,33H,15-19H2,1-3,5H3,(H,34,39)/t21-,24+,25+,26+,31+/m1/s1. The Kier molecular flexibility index (Phi) is 6.98. The highest BCUT2D eigenvalue weighted by atomic mass is 16.2. The molecule has 2 N–H and O–H groups in total. The Labute approximate surface area is 230 Å². The molecule has 0 bridgehead atoms. The van der Waals surface area contributed by atoms with Crippen LogP contribution in [-0.4, -0.2) is 65.9 Å². The average Bonchev–Trinajstić information content (AvgIpc) is 3.63. The number of likely N-dealkylation sites (N-methyl/N-ethyl adjacent to an activating group) is 1. The highest BCUT2D eigenvalue weighted by Gasteiger charge is 2.59. The van der Waals surface area contributed by atoms with Crippen molar-refractivity contribution >= 4 is 23.4 Å². The second kappa shape index (κ2) is 10.1. The maximum atomic E-state index is 14.2. The van der Waals surface area contributed by atoms with Crippen molar-refractivity contribution < 1.29 is 14.4 Å². The number of carbonyl (C=O) groups excluding carboxylic acids is 3. The van der Waals surface area contributed by atoms with Gasteiger partial charge in [0.25, 0.3) is 5.91 Å². The van der Waals surface area contributed by atoms with E-state index < -0.39 is 17.6 Å². The number of nitrogens with zero attached hydrogens (tertiary/aromatic N) is 3. The minimum atomic E-state index is -0.952. The Morgan fingerprint density at radius 2 is 1.85 bits per heavy atom. The van der Waals surface area contributed by atoms with Crippen LogP contribution in [0, 0.1) is 12.0 Å². The summed E-state index contributed by atoms with van der Waals surface area (Å²) in [7, 11) is 1.70. The van der Waals surface area contributed by atoms with E-state index in [4.69, 9.17) is 6.57 Å². The van der Waals surface area contributed by atoms with Gasteiger partial charge in [0.2, 0.25) is 11.8 Å². The minimum absolute atomic E-state index is 0.117. The lowest BCUT2D eigenvalue weighted by Crippen LogP contribution is -2.55. The number of nitrogens with one attached hydrogen (secondary N) is 2. The van der Waals surface area contributed by atoms with Crippen LogP contribution < -0.4 is 10.6 Å². The number of amides is 3. The van der Waals surface area contributed by atoms with Crippen LogP contribution in [-0.2, 0) is 19.8 Å². The van der Waals surface area contributed by atoms with Crippen molar-refractivity contribution in [1.82, 2.24) is 15.1 Å². The average molecular weight is 528 g/mol. The van der Waals surface area contributed by atoms with Crippen LogP contribution in [0.5, 0.6) is 0 Å². The molecular formula is C31H37N5O3. The lowest BCUT2D eigenvalue weighted by Gasteiger charge is -2.36. The van der Waals surface area contributed by atoms with Crippen LogP contribution in [0.15, 0.2) is 54.6 Å². The van der Waals surface area contributed by atoms with Gasteiger partial charge < -0.3 is 15.5 Å². The predicted molar refractivity (Wildman–Crippen MR) is 150 cm³/mol. The summed E-state index contributed by atoms with van der Waals surface area (Å²) in [5, 5.41) is 6.32. The Balaban J connectivity index is 1.39. The SMILES string of the molecule is [C-]#[N+][C@@H]1C[C@@]2(CN1C(=O)[C@H](CC(C)(C)C)N(C)C(=O)[C@@H]1C[C@@H](c3ccccc3)CN1)C(=O)Nc1ccccc12. The van der Waals surface area contributed by atoms with Gasteiger partial charge in [0.15, 0.2) is 0 Å². The van der Waals surface area contributed by atoms with E-state index in [0.29, 0.717) is 19.4 Å². The predicted octanol–water partition coefficient (Wildman–Crippen LogP) is 3.76. The van der Waals surface area contributed by atoms with Gasteiger partial charge in [0.05, 0.1) is 12.5 Å². The molecule has 0 unspecified atom stereocenters. The van der Waals surface area contributed by atoms with E-state index in [2.05, 4.69) is 27.6 Å². The molecule has 8 heteroatoms. The number of benzene rings is 2. The highest BCUT2D eigenvalue weighted by molar-refractivity contribution is 6.07. The van der Waals surface area contributed by atoms with Gasteiger partial charge in [-0.1, -0.05) is 69.3 Å². The zero-order chi connectivity index (χ0) is 27.9. The van der Waals surface area contributed by atoms with Crippen molar-refractivity contribution in [2.75, 3.05) is 25.5 Å². The van der Waals surface area contributed by atoms with Gasteiger partial charge in [-0.15, -0.1) is 0 Å². The maximum Gasteiger partial charge on any atom is 0.302 e. The molecule has 39 heavy (non-hydrogen) atoms. The molecule has 3 aliphatic heterocycles. The van der Waals surface area contributed by atoms with Crippen LogP contribution in [0.4, 0.5) is 5.69 Å². The van der Waals surface area contributed by atoms with Gasteiger partial charge in [0, 0.05) is 25.8 Å². The Hall–Kier alpha value is -3.70. The second-order valence-corrected chi connectivity index (χ2v) is 12.4. The van der Waals surface area contributed by atoms with Crippen LogP contribution in [0.2, 0.25) is 0 Å². The normalized spacial score (nSPS) is 26.7. The molecule has 0 radical (unpaired) electrons. The number of hydrogen-bond acceptors (Lipinski definition) is 4. The largest absolute Gasteiger partial charge is 0.332 e. The van der Waals surface area contributed by atoms with E-state index in [1.807, 2.05) is 63.2 Å². The molecule has 5 atom stereocenters. The smallest absolute Gasteiger partial charge is 0.302 e. The molecule has 0 saturated carbocycles. The van der Waals surface area contributed by atoms with Crippen molar-refractivity contribution in [3.05, 3.63) is 77.1 Å². The van der Waals surface area contributed by atoms with Gasteiger partial charge in [-0.05, 0) is 41.4 Å². The van der Waals surface area contributed by atoms with Crippen molar-refractivity contribution in [3.63, 3.8) is 0 Å². The summed E-state index contributed by atoms with van der Waals surface area (Å²) in [6.07, 6.45) is 0.582. The third-order valence-electron chi connectivity index (χ3n) is 8.49. The van der Waals surface area contributed by atoms with Crippen LogP contribution >= 0.6 is 0 Å². The van der Waals surface area contributed by atoms with Gasteiger partial charge in [0.1, 0.15) is 11.5 Å². The summed E-state index contributed by atoms with van der Waals surface area (Å²) in [5.41, 5.74) is 1.57. The fourth-order valence-corrected chi connectivity index (χ4v) is 6.42. The van der Waals surface area contributed by atoms with E-state index >= 15 is 0 Å². The third kappa shape index (κ3) is 4.92. The summed E-state index contributed by atoms with van der Waals surface area (Å²) >= 11 is 0. The van der Waals surface area contributed by atoms with E-state index in [1.54, 1.807) is 16.8 Å². The number of carbonyl (C=O) groups is 3. The monoisotopic (exact) mass is 527 g/mol. The molecule has 2 fully saturated rings. The Morgan fingerprint density at radius 3 is 2.54 bits per heavy atom. The summed E-state index contributed by atoms with van der Waals surface area (Å²) in [4.78, 5) is 48.1. The molecule has 2 aromatic carbocycles. The second-order valence-electron chi connectivity index (χ2n) is 12.4. The lowest BCUT2D eigenvalue weighted by molar-refractivity contribution is -0.147. The van der Waals surface area contributed by atoms with Gasteiger partial charge in [-0.25, -0.2) is 6.57 Å². The molecule has 204 valence electrons. The molecule has 5 rings (SSSR count). The summed E-state index contributed by atoms with van der Waals surface area (Å²) in [6, 6.07) is 16.5. The van der Waals surface area contributed by atoms with Crippen LogP contribution in [0.1, 0.15) is 57.1 Å². The number of para-hydroxylation sites is 1. The van der Waals surface area contributed by atoms with Crippen LogP contribution in [0.3, 0.4) is 0 Å². The van der Waals surface area contributed by atoms with Crippen molar-refractivity contribution in [2.45, 2.75) is 69.6 Å². The molecule has 2 saturated heterocycles. The Morgan fingerprint density at radius 1 is 1.15 bits per heavy atom. The van der Waals surface area contributed by atoms with Gasteiger partial charge >= 0.3 is 6.17 Å². The van der Waals surface area contributed by atoms with Gasteiger partial charge in [-0.3, -0.25) is 24.1 Å². The number of rotatable bonds is 5. The van der Waals surface area contributed by atoms with Gasteiger partial charge in [-0.2, -0.15) is 0 Å². The van der Waals surface area contributed by atoms with Crippen molar-refractivity contribution in [1.29, 1.82) is 0 Å². The van der Waals surface area contributed by atoms with E-state index in [-0.39, 0.29) is 48.1 Å². The zero-order valence-electron chi connectivity index (χ0n) is 23.1. The van der Waals surface area contributed by atoms with E-state index in [9.17, 15) is 14.4 Å². The lowest BCUT2D eigenvalue weighted by atomic mass is 9.80. The fraction of sp³-hybridized carbons (Fsp3) is 0.484. The molecule has 2 aromatic rings. The molecule has 0 aromatic heterocycles. The molecular weight excluding hydrogens is 490 g/mol. The first kappa shape index (κ1) is 26.9. The van der Waals surface area contributed by atoms with Crippen molar-refractivity contribution in [2.24, 2.45) is 5.41 Å². The molecule has 3 amide bonds. The first-order valence-electron chi connectivity index (χ1n) is 13.7. The maximum absolute atomic E-state index is 14.2. The topological polar surface area (TPSA) is 86.1 Å². The highest BCUT2D eigenvalue weighted by Crippen LogP contribution is 2.47. The first-order valence-corrected chi connectivity index (χ1v) is 13.7. The molecule has 0 aliphatic carbocycles. The van der Waals surface area contributed by atoms with E-state index in [0.717, 1.165) is 11.3 Å². The number of fused-ring (bicyclic) bond motifs is 2. The third-order valence-corrected chi connectivity index (χ3v) is 8.49.